The largest absolute Gasteiger partial charge is 0.396 e. The Kier molecular flexibility index (Phi) is 4.62. The van der Waals surface area contributed by atoms with Crippen LogP contribution < -0.4 is 5.73 Å². The van der Waals surface area contributed by atoms with Crippen molar-refractivity contribution in [3.8, 4) is 0 Å². The number of pyridine rings is 1. The quantitative estimate of drug-likeness (QED) is 0.864. The molecular formula is C18H16ClFN4. The molecule has 0 aliphatic carbocycles. The highest BCUT2D eigenvalue weighted by Crippen LogP contribution is 2.28. The number of hydrazone groups is 1. The SMILES string of the molecule is Cc1cccc(/C(N)=C(\c2ccnc(F)c2)N2CC=CC(Cl)=N2)c1. The fraction of sp³-hybridized carbons (Fsp3) is 0.111. The number of aryl methyl sites for hydroxylation is 1. The first kappa shape index (κ1) is 16.2. The molecule has 4 nitrogen and oxygen atoms in total. The molecule has 122 valence electrons. The Morgan fingerprint density at radius 3 is 2.79 bits per heavy atom. The van der Waals surface area contributed by atoms with Gasteiger partial charge in [-0.2, -0.15) is 9.49 Å². The van der Waals surface area contributed by atoms with Crippen LogP contribution in [0.5, 0.6) is 0 Å². The van der Waals surface area contributed by atoms with Gasteiger partial charge in [-0.25, -0.2) is 4.98 Å². The molecule has 0 saturated heterocycles. The van der Waals surface area contributed by atoms with E-state index in [9.17, 15) is 4.39 Å². The van der Waals surface area contributed by atoms with Crippen LogP contribution in [0.25, 0.3) is 11.4 Å². The van der Waals surface area contributed by atoms with Gasteiger partial charge in [0.15, 0.2) is 0 Å². The Morgan fingerprint density at radius 1 is 1.25 bits per heavy atom. The number of benzene rings is 1. The topological polar surface area (TPSA) is 54.5 Å². The van der Waals surface area contributed by atoms with Crippen molar-refractivity contribution in [2.45, 2.75) is 6.92 Å². The molecule has 0 fully saturated rings. The number of allylic oxidation sites excluding steroid dienone is 1. The summed E-state index contributed by atoms with van der Waals surface area (Å²) in [5.41, 5.74) is 10.0. The molecule has 1 aromatic heterocycles. The van der Waals surface area contributed by atoms with Crippen LogP contribution in [-0.2, 0) is 0 Å². The molecule has 0 unspecified atom stereocenters. The predicted molar refractivity (Wildman–Crippen MR) is 95.5 cm³/mol. The van der Waals surface area contributed by atoms with Gasteiger partial charge in [0.1, 0.15) is 5.17 Å². The summed E-state index contributed by atoms with van der Waals surface area (Å²) in [5, 5.41) is 6.31. The van der Waals surface area contributed by atoms with E-state index in [0.717, 1.165) is 11.1 Å². The average molecular weight is 343 g/mol. The molecule has 0 amide bonds. The van der Waals surface area contributed by atoms with Crippen molar-refractivity contribution in [3.05, 3.63) is 77.4 Å². The number of halogens is 2. The average Bonchev–Trinajstić information content (AvgIpc) is 2.55. The van der Waals surface area contributed by atoms with Crippen LogP contribution in [0.1, 0.15) is 16.7 Å². The van der Waals surface area contributed by atoms with E-state index in [1.54, 1.807) is 17.2 Å². The van der Waals surface area contributed by atoms with Crippen LogP contribution in [0, 0.1) is 12.9 Å². The molecule has 3 rings (SSSR count). The molecule has 0 atom stereocenters. The molecule has 2 N–H and O–H groups in total. The monoisotopic (exact) mass is 342 g/mol. The Bertz CT molecular complexity index is 858. The maximum absolute atomic E-state index is 13.6. The van der Waals surface area contributed by atoms with Crippen molar-refractivity contribution in [2.24, 2.45) is 10.8 Å². The fourth-order valence-corrected chi connectivity index (χ4v) is 2.70. The Hall–Kier alpha value is -2.66. The number of nitrogens with zero attached hydrogens (tertiary/aromatic N) is 3. The van der Waals surface area contributed by atoms with Crippen molar-refractivity contribution >= 4 is 28.2 Å². The van der Waals surface area contributed by atoms with Crippen molar-refractivity contribution in [3.63, 3.8) is 0 Å². The third-order valence-electron chi connectivity index (χ3n) is 3.59. The zero-order valence-corrected chi connectivity index (χ0v) is 13.8. The van der Waals surface area contributed by atoms with Crippen LogP contribution in [0.3, 0.4) is 0 Å². The minimum atomic E-state index is -0.579. The van der Waals surface area contributed by atoms with Crippen molar-refractivity contribution in [1.29, 1.82) is 0 Å². The molecule has 1 aromatic carbocycles. The van der Waals surface area contributed by atoms with Crippen molar-refractivity contribution < 1.29 is 4.39 Å². The molecular weight excluding hydrogens is 327 g/mol. The zero-order valence-electron chi connectivity index (χ0n) is 13.1. The third-order valence-corrected chi connectivity index (χ3v) is 3.79. The summed E-state index contributed by atoms with van der Waals surface area (Å²) in [4.78, 5) is 3.60. The summed E-state index contributed by atoms with van der Waals surface area (Å²) >= 11 is 6.02. The lowest BCUT2D eigenvalue weighted by Gasteiger charge is -2.25. The summed E-state index contributed by atoms with van der Waals surface area (Å²) in [6.07, 6.45) is 4.99. The van der Waals surface area contributed by atoms with E-state index < -0.39 is 5.95 Å². The van der Waals surface area contributed by atoms with Gasteiger partial charge in [0, 0.05) is 17.8 Å². The second kappa shape index (κ2) is 6.84. The smallest absolute Gasteiger partial charge is 0.213 e. The molecule has 1 aliphatic rings. The summed E-state index contributed by atoms with van der Waals surface area (Å²) in [7, 11) is 0. The number of nitrogens with two attached hydrogens (primary N) is 1. The normalized spacial score (nSPS) is 15.1. The lowest BCUT2D eigenvalue weighted by atomic mass is 10.0. The first-order chi connectivity index (χ1) is 11.5. The van der Waals surface area contributed by atoms with E-state index in [1.165, 1.54) is 12.3 Å². The van der Waals surface area contributed by atoms with E-state index >= 15 is 0 Å². The highest BCUT2D eigenvalue weighted by atomic mass is 35.5. The standard InChI is InChI=1S/C18H16ClFN4/c1-12-4-2-5-13(10-12)17(21)18(14-7-8-22-16(20)11-14)24-9-3-6-15(19)23-24/h2-8,10-11H,9,21H2,1H3/b18-17-. The number of rotatable bonds is 3. The van der Waals surface area contributed by atoms with Crippen molar-refractivity contribution in [2.75, 3.05) is 6.54 Å². The van der Waals surface area contributed by atoms with Gasteiger partial charge < -0.3 is 5.73 Å². The maximum Gasteiger partial charge on any atom is 0.213 e. The molecule has 6 heteroatoms. The van der Waals surface area contributed by atoms with E-state index in [2.05, 4.69) is 10.1 Å². The lowest BCUT2D eigenvalue weighted by Crippen LogP contribution is -2.23. The van der Waals surface area contributed by atoms with Gasteiger partial charge in [0.2, 0.25) is 5.95 Å². The minimum absolute atomic E-state index is 0.338. The Morgan fingerprint density at radius 2 is 2.08 bits per heavy atom. The lowest BCUT2D eigenvalue weighted by molar-refractivity contribution is 0.465. The van der Waals surface area contributed by atoms with E-state index in [4.69, 9.17) is 17.3 Å². The van der Waals surface area contributed by atoms with Crippen LogP contribution in [-0.4, -0.2) is 21.7 Å². The zero-order chi connectivity index (χ0) is 17.1. The molecule has 0 saturated carbocycles. The second-order valence-electron chi connectivity index (χ2n) is 5.41. The second-order valence-corrected chi connectivity index (χ2v) is 5.79. The van der Waals surface area contributed by atoms with Crippen LogP contribution in [0.2, 0.25) is 0 Å². The van der Waals surface area contributed by atoms with E-state index in [-0.39, 0.29) is 0 Å². The first-order valence-corrected chi connectivity index (χ1v) is 7.79. The van der Waals surface area contributed by atoms with Gasteiger partial charge in [0.25, 0.3) is 0 Å². The third kappa shape index (κ3) is 3.46. The minimum Gasteiger partial charge on any atom is -0.396 e. The summed E-state index contributed by atoms with van der Waals surface area (Å²) in [6, 6.07) is 10.8. The molecule has 2 heterocycles. The van der Waals surface area contributed by atoms with Gasteiger partial charge in [-0.15, -0.1) is 0 Å². The molecule has 1 aliphatic heterocycles. The summed E-state index contributed by atoms with van der Waals surface area (Å²) < 4.78 is 13.6. The van der Waals surface area contributed by atoms with Crippen LogP contribution >= 0.6 is 11.6 Å². The van der Waals surface area contributed by atoms with Gasteiger partial charge in [-0.3, -0.25) is 5.01 Å². The summed E-state index contributed by atoms with van der Waals surface area (Å²) in [6.45, 7) is 2.48. The van der Waals surface area contributed by atoms with Crippen LogP contribution in [0.15, 0.2) is 59.8 Å². The molecule has 0 radical (unpaired) electrons. The molecule has 0 bridgehead atoms. The highest BCUT2D eigenvalue weighted by Gasteiger charge is 2.19. The van der Waals surface area contributed by atoms with E-state index in [1.807, 2.05) is 37.3 Å². The number of aromatic nitrogens is 1. The molecule has 0 spiro atoms. The highest BCUT2D eigenvalue weighted by molar-refractivity contribution is 6.68. The maximum atomic E-state index is 13.6. The number of hydrogen-bond acceptors (Lipinski definition) is 4. The summed E-state index contributed by atoms with van der Waals surface area (Å²) in [5.74, 6) is -0.579. The predicted octanol–water partition coefficient (Wildman–Crippen LogP) is 3.74. The number of hydrogen-bond donors (Lipinski definition) is 1. The first-order valence-electron chi connectivity index (χ1n) is 7.41. The Labute approximate surface area is 144 Å². The van der Waals surface area contributed by atoms with Gasteiger partial charge in [-0.05, 0) is 30.7 Å². The van der Waals surface area contributed by atoms with Gasteiger partial charge >= 0.3 is 0 Å². The fourth-order valence-electron chi connectivity index (χ4n) is 2.52. The van der Waals surface area contributed by atoms with Gasteiger partial charge in [-0.1, -0.05) is 41.4 Å². The van der Waals surface area contributed by atoms with E-state index in [0.29, 0.717) is 28.7 Å². The van der Waals surface area contributed by atoms with Gasteiger partial charge in [0.05, 0.1) is 17.9 Å². The van der Waals surface area contributed by atoms with Crippen molar-refractivity contribution in [1.82, 2.24) is 9.99 Å². The Balaban J connectivity index is 2.18. The molecule has 24 heavy (non-hydrogen) atoms. The molecule has 2 aromatic rings. The van der Waals surface area contributed by atoms with Crippen LogP contribution in [0.4, 0.5) is 4.39 Å².